The molecule has 1 aromatic heterocycles. The van der Waals surface area contributed by atoms with Gasteiger partial charge in [-0.3, -0.25) is 9.89 Å². The van der Waals surface area contributed by atoms with Gasteiger partial charge >= 0.3 is 0 Å². The number of sulfone groups is 1. The van der Waals surface area contributed by atoms with Crippen LogP contribution in [0.5, 0.6) is 0 Å². The average molecular weight is 377 g/mol. The molecule has 26 heavy (non-hydrogen) atoms. The number of carbonyl (C=O) groups is 1. The average Bonchev–Trinajstić information content (AvgIpc) is 3.16. The second kappa shape index (κ2) is 8.01. The van der Waals surface area contributed by atoms with E-state index in [9.17, 15) is 13.2 Å². The van der Waals surface area contributed by atoms with Crippen LogP contribution < -0.4 is 0 Å². The molecule has 0 spiro atoms. The molecule has 2 aromatic rings. The van der Waals surface area contributed by atoms with Gasteiger partial charge in [0.05, 0.1) is 35.4 Å². The fraction of sp³-hybridized carbons (Fsp3) is 0.444. The molecule has 0 aliphatic carbocycles. The largest absolute Gasteiger partial charge is 0.395 e. The van der Waals surface area contributed by atoms with E-state index in [2.05, 4.69) is 10.2 Å². The lowest BCUT2D eigenvalue weighted by molar-refractivity contribution is -0.134. The van der Waals surface area contributed by atoms with E-state index < -0.39 is 16.4 Å². The number of H-pyrrole nitrogens is 1. The summed E-state index contributed by atoms with van der Waals surface area (Å²) in [6.45, 7) is 0.304. The number of hydrogen-bond donors (Lipinski definition) is 2. The normalized spacial score (nSPS) is 18.0. The molecule has 3 rings (SSSR count). The number of nitrogens with zero attached hydrogens (tertiary/aromatic N) is 2. The van der Waals surface area contributed by atoms with E-state index in [1.807, 2.05) is 11.0 Å². The Bertz CT molecular complexity index is 832. The third-order valence-corrected chi connectivity index (χ3v) is 6.41. The third-order valence-electron chi connectivity index (χ3n) is 4.70. The van der Waals surface area contributed by atoms with Crippen molar-refractivity contribution in [2.45, 2.75) is 36.6 Å². The van der Waals surface area contributed by atoms with Gasteiger partial charge in [0.1, 0.15) is 0 Å². The fourth-order valence-electron chi connectivity index (χ4n) is 3.33. The van der Waals surface area contributed by atoms with Gasteiger partial charge in [0.15, 0.2) is 9.84 Å². The van der Waals surface area contributed by atoms with Crippen molar-refractivity contribution in [2.75, 3.05) is 18.9 Å². The predicted molar refractivity (Wildman–Crippen MR) is 96.2 cm³/mol. The number of carbonyl (C=O) groups excluding carboxylic acids is 1. The number of piperidine rings is 1. The van der Waals surface area contributed by atoms with Crippen LogP contribution >= 0.6 is 0 Å². The van der Waals surface area contributed by atoms with E-state index in [0.29, 0.717) is 6.54 Å². The zero-order valence-electron chi connectivity index (χ0n) is 14.5. The number of amides is 1. The number of likely N-dealkylation sites (tertiary alicyclic amines) is 1. The minimum absolute atomic E-state index is 0.0166. The van der Waals surface area contributed by atoms with Crippen LogP contribution in [0, 0.1) is 0 Å². The molecule has 1 aliphatic rings. The molecule has 1 aromatic carbocycles. The second-order valence-corrected chi connectivity index (χ2v) is 8.58. The number of aliphatic hydroxyl groups is 1. The lowest BCUT2D eigenvalue weighted by Crippen LogP contribution is -2.39. The summed E-state index contributed by atoms with van der Waals surface area (Å²) in [5.74, 6) is -0.277. The van der Waals surface area contributed by atoms with E-state index in [1.165, 1.54) is 12.1 Å². The topological polar surface area (TPSA) is 103 Å². The van der Waals surface area contributed by atoms with E-state index in [0.717, 1.165) is 30.5 Å². The Kier molecular flexibility index (Phi) is 5.73. The number of aromatic nitrogens is 2. The Morgan fingerprint density at radius 1 is 1.23 bits per heavy atom. The van der Waals surface area contributed by atoms with Crippen LogP contribution in [0.2, 0.25) is 0 Å². The molecule has 1 aliphatic heterocycles. The van der Waals surface area contributed by atoms with E-state index >= 15 is 0 Å². The molecule has 1 saturated heterocycles. The van der Waals surface area contributed by atoms with Crippen molar-refractivity contribution in [1.29, 1.82) is 0 Å². The van der Waals surface area contributed by atoms with Crippen molar-refractivity contribution >= 4 is 15.7 Å². The molecule has 2 heterocycles. The highest BCUT2D eigenvalue weighted by atomic mass is 32.2. The SMILES string of the molecule is O=C(Cc1ccc(S(=O)(=O)CCO)cc1)N1CCCCC1c1ccn[nH]1. The standard InChI is InChI=1S/C18H23N3O4S/c22-11-12-26(24,25)15-6-4-14(5-7-15)13-18(23)21-10-2-1-3-17(21)16-8-9-19-20-16/h4-9,17,22H,1-3,10-13H2,(H,19,20). The first kappa shape index (κ1) is 18.6. The van der Waals surface area contributed by atoms with Gasteiger partial charge in [0.2, 0.25) is 5.91 Å². The fourth-order valence-corrected chi connectivity index (χ4v) is 4.36. The van der Waals surface area contributed by atoms with Crippen molar-refractivity contribution in [3.05, 3.63) is 47.8 Å². The summed E-state index contributed by atoms with van der Waals surface area (Å²) in [6.07, 6.45) is 4.88. The smallest absolute Gasteiger partial charge is 0.227 e. The van der Waals surface area contributed by atoms with Crippen molar-refractivity contribution in [2.24, 2.45) is 0 Å². The molecular weight excluding hydrogens is 354 g/mol. The van der Waals surface area contributed by atoms with Gasteiger partial charge in [-0.2, -0.15) is 5.10 Å². The maximum absolute atomic E-state index is 12.8. The van der Waals surface area contributed by atoms with Crippen molar-refractivity contribution < 1.29 is 18.3 Å². The first-order valence-corrected chi connectivity index (χ1v) is 10.4. The number of aliphatic hydroxyl groups excluding tert-OH is 1. The Morgan fingerprint density at radius 3 is 2.65 bits per heavy atom. The van der Waals surface area contributed by atoms with Gasteiger partial charge in [0, 0.05) is 12.7 Å². The minimum atomic E-state index is -3.47. The zero-order valence-corrected chi connectivity index (χ0v) is 15.3. The summed E-state index contributed by atoms with van der Waals surface area (Å²) in [5.41, 5.74) is 1.72. The Balaban J connectivity index is 1.71. The van der Waals surface area contributed by atoms with Gasteiger partial charge in [0.25, 0.3) is 0 Å². The van der Waals surface area contributed by atoms with Gasteiger partial charge in [-0.25, -0.2) is 8.42 Å². The minimum Gasteiger partial charge on any atom is -0.395 e. The number of nitrogens with one attached hydrogen (secondary N) is 1. The highest BCUT2D eigenvalue weighted by Gasteiger charge is 2.28. The quantitative estimate of drug-likeness (QED) is 0.793. The van der Waals surface area contributed by atoms with Gasteiger partial charge in [-0.1, -0.05) is 12.1 Å². The van der Waals surface area contributed by atoms with Crippen LogP contribution in [0.1, 0.15) is 36.6 Å². The first-order valence-electron chi connectivity index (χ1n) is 8.72. The summed E-state index contributed by atoms with van der Waals surface area (Å²) in [5, 5.41) is 15.8. The molecule has 1 amide bonds. The summed E-state index contributed by atoms with van der Waals surface area (Å²) in [6, 6.07) is 8.24. The van der Waals surface area contributed by atoms with Gasteiger partial charge in [-0.15, -0.1) is 0 Å². The molecule has 1 fully saturated rings. The lowest BCUT2D eigenvalue weighted by Gasteiger charge is -2.35. The Hall–Kier alpha value is -2.19. The maximum atomic E-state index is 12.8. The van der Waals surface area contributed by atoms with Gasteiger partial charge < -0.3 is 10.0 Å². The Morgan fingerprint density at radius 2 is 2.00 bits per heavy atom. The number of hydrogen-bond acceptors (Lipinski definition) is 5. The number of rotatable bonds is 6. The van der Waals surface area contributed by atoms with Gasteiger partial charge in [-0.05, 0) is 43.0 Å². The second-order valence-electron chi connectivity index (χ2n) is 6.47. The monoisotopic (exact) mass is 377 g/mol. The molecule has 140 valence electrons. The lowest BCUT2D eigenvalue weighted by atomic mass is 9.98. The van der Waals surface area contributed by atoms with Crippen LogP contribution in [0.3, 0.4) is 0 Å². The molecule has 1 unspecified atom stereocenters. The summed E-state index contributed by atoms with van der Waals surface area (Å²) < 4.78 is 23.9. The molecule has 0 radical (unpaired) electrons. The number of aromatic amines is 1. The summed E-state index contributed by atoms with van der Waals surface area (Å²) >= 11 is 0. The molecule has 2 N–H and O–H groups in total. The zero-order chi connectivity index (χ0) is 18.6. The highest BCUT2D eigenvalue weighted by molar-refractivity contribution is 7.91. The van der Waals surface area contributed by atoms with Crippen LogP contribution in [0.15, 0.2) is 41.4 Å². The van der Waals surface area contributed by atoms with E-state index in [1.54, 1.807) is 18.3 Å². The maximum Gasteiger partial charge on any atom is 0.227 e. The van der Waals surface area contributed by atoms with Crippen molar-refractivity contribution in [3.8, 4) is 0 Å². The number of benzene rings is 1. The summed E-state index contributed by atoms with van der Waals surface area (Å²) in [4.78, 5) is 14.8. The van der Waals surface area contributed by atoms with E-state index in [4.69, 9.17) is 5.11 Å². The van der Waals surface area contributed by atoms with Crippen molar-refractivity contribution in [3.63, 3.8) is 0 Å². The highest BCUT2D eigenvalue weighted by Crippen LogP contribution is 2.30. The van der Waals surface area contributed by atoms with Crippen molar-refractivity contribution in [1.82, 2.24) is 15.1 Å². The molecule has 8 heteroatoms. The van der Waals surface area contributed by atoms with Crippen LogP contribution in [0.4, 0.5) is 0 Å². The molecule has 0 saturated carbocycles. The first-order chi connectivity index (χ1) is 12.5. The summed E-state index contributed by atoms with van der Waals surface area (Å²) in [7, 11) is -3.47. The molecular formula is C18H23N3O4S. The van der Waals surface area contributed by atoms with Crippen LogP contribution in [0.25, 0.3) is 0 Å². The van der Waals surface area contributed by atoms with Crippen LogP contribution in [-0.4, -0.2) is 53.4 Å². The molecule has 1 atom stereocenters. The molecule has 7 nitrogen and oxygen atoms in total. The van der Waals surface area contributed by atoms with Crippen LogP contribution in [-0.2, 0) is 21.1 Å². The Labute approximate surface area is 153 Å². The predicted octanol–water partition coefficient (Wildman–Crippen LogP) is 1.47. The molecule has 0 bridgehead atoms. The van der Waals surface area contributed by atoms with E-state index in [-0.39, 0.29) is 29.0 Å². The third kappa shape index (κ3) is 4.13.